The van der Waals surface area contributed by atoms with Gasteiger partial charge < -0.3 is 5.32 Å². The fourth-order valence-corrected chi connectivity index (χ4v) is 4.37. The van der Waals surface area contributed by atoms with Crippen molar-refractivity contribution >= 4 is 29.0 Å². The molecule has 2 nitrogen and oxygen atoms in total. The van der Waals surface area contributed by atoms with Crippen LogP contribution in [-0.2, 0) is 11.2 Å². The molecular weight excluding hydrogens is 272 g/mol. The fraction of sp³-hybridized carbons (Fsp3) is 0.600. The Kier molecular flexibility index (Phi) is 5.22. The molecule has 2 heterocycles. The van der Waals surface area contributed by atoms with E-state index >= 15 is 0 Å². The predicted octanol–water partition coefficient (Wildman–Crippen LogP) is 3.69. The number of aryl methyl sites for hydroxylation is 1. The molecule has 0 radical (unpaired) electrons. The van der Waals surface area contributed by atoms with E-state index in [4.69, 9.17) is 12.2 Å². The van der Waals surface area contributed by atoms with Crippen molar-refractivity contribution in [2.45, 2.75) is 43.8 Å². The quantitative estimate of drug-likeness (QED) is 0.837. The topological polar surface area (TPSA) is 24.9 Å². The zero-order chi connectivity index (χ0) is 13.7. The summed E-state index contributed by atoms with van der Waals surface area (Å²) in [5, 5.41) is 3.18. The largest absolute Gasteiger partial charge is 0.381 e. The van der Waals surface area contributed by atoms with Gasteiger partial charge in [-0.15, -0.1) is 11.8 Å². The molecule has 1 atom stereocenters. The molecule has 1 aliphatic heterocycles. The van der Waals surface area contributed by atoms with E-state index in [1.165, 1.54) is 30.6 Å². The smallest absolute Gasteiger partial charge is 0.108 e. The lowest BCUT2D eigenvalue weighted by Crippen LogP contribution is -2.37. The number of nitrogens with zero attached hydrogens (tertiary/aromatic N) is 1. The first kappa shape index (κ1) is 14.8. The summed E-state index contributed by atoms with van der Waals surface area (Å²) >= 11 is 7.51. The minimum Gasteiger partial charge on any atom is -0.381 e. The van der Waals surface area contributed by atoms with Crippen molar-refractivity contribution in [2.75, 3.05) is 12.8 Å². The molecule has 0 bridgehead atoms. The summed E-state index contributed by atoms with van der Waals surface area (Å²) in [6.07, 6.45) is 7.86. The lowest BCUT2D eigenvalue weighted by atomic mass is 9.96. The number of likely N-dealkylation sites (N-methyl/N-ethyl adjacent to an activating group) is 1. The second-order valence-electron chi connectivity index (χ2n) is 5.01. The average molecular weight is 294 g/mol. The number of nitrogens with one attached hydrogen (secondary N) is 1. The van der Waals surface area contributed by atoms with Gasteiger partial charge in [0.05, 0.1) is 10.7 Å². The number of hydrogen-bond acceptors (Lipinski definition) is 3. The second-order valence-corrected chi connectivity index (χ2v) is 6.81. The zero-order valence-corrected chi connectivity index (χ0v) is 13.4. The zero-order valence-electron chi connectivity index (χ0n) is 11.7. The molecular formula is C15H22N2S2. The van der Waals surface area contributed by atoms with E-state index in [-0.39, 0.29) is 4.75 Å². The molecule has 104 valence electrons. The fourth-order valence-electron chi connectivity index (χ4n) is 2.57. The van der Waals surface area contributed by atoms with Crippen molar-refractivity contribution in [1.29, 1.82) is 0 Å². The van der Waals surface area contributed by atoms with E-state index in [2.05, 4.69) is 29.4 Å². The van der Waals surface area contributed by atoms with Crippen LogP contribution in [0.3, 0.4) is 0 Å². The third kappa shape index (κ3) is 3.11. The van der Waals surface area contributed by atoms with Crippen LogP contribution in [0.25, 0.3) is 0 Å². The Morgan fingerprint density at radius 3 is 3.05 bits per heavy atom. The highest BCUT2D eigenvalue weighted by molar-refractivity contribution is 8.02. The monoisotopic (exact) mass is 294 g/mol. The summed E-state index contributed by atoms with van der Waals surface area (Å²) in [5.41, 5.74) is 2.53. The number of rotatable bonds is 5. The van der Waals surface area contributed by atoms with Gasteiger partial charge in [0, 0.05) is 13.2 Å². The van der Waals surface area contributed by atoms with Crippen LogP contribution in [0, 0.1) is 0 Å². The maximum absolute atomic E-state index is 5.57. The van der Waals surface area contributed by atoms with Gasteiger partial charge in [-0.25, -0.2) is 0 Å². The highest BCUT2D eigenvalue weighted by Crippen LogP contribution is 2.46. The maximum atomic E-state index is 5.57. The summed E-state index contributed by atoms with van der Waals surface area (Å²) in [5.74, 6) is 1.17. The van der Waals surface area contributed by atoms with Gasteiger partial charge in [0.25, 0.3) is 0 Å². The molecule has 0 spiro atoms. The van der Waals surface area contributed by atoms with Crippen LogP contribution in [0.1, 0.15) is 43.9 Å². The van der Waals surface area contributed by atoms with Gasteiger partial charge in [-0.1, -0.05) is 25.6 Å². The Morgan fingerprint density at radius 1 is 1.58 bits per heavy atom. The van der Waals surface area contributed by atoms with Crippen LogP contribution in [-0.4, -0.2) is 22.8 Å². The van der Waals surface area contributed by atoms with Gasteiger partial charge in [0.15, 0.2) is 0 Å². The van der Waals surface area contributed by atoms with Gasteiger partial charge >= 0.3 is 0 Å². The average Bonchev–Trinajstić information content (AvgIpc) is 2.95. The Morgan fingerprint density at radius 2 is 2.42 bits per heavy atom. The number of pyridine rings is 1. The summed E-state index contributed by atoms with van der Waals surface area (Å²) in [6.45, 7) is 2.23. The number of thiocarbonyl (C=S) groups is 1. The molecule has 1 aliphatic rings. The van der Waals surface area contributed by atoms with Crippen molar-refractivity contribution < 1.29 is 0 Å². The lowest BCUT2D eigenvalue weighted by molar-refractivity contribution is 0.706. The van der Waals surface area contributed by atoms with E-state index in [0.717, 1.165) is 23.5 Å². The van der Waals surface area contributed by atoms with Gasteiger partial charge in [-0.3, -0.25) is 4.98 Å². The summed E-state index contributed by atoms with van der Waals surface area (Å²) in [4.78, 5) is 5.55. The second kappa shape index (κ2) is 6.71. The van der Waals surface area contributed by atoms with Crippen LogP contribution < -0.4 is 5.32 Å². The van der Waals surface area contributed by atoms with Crippen LogP contribution in [0.15, 0.2) is 18.3 Å². The first-order valence-corrected chi connectivity index (χ1v) is 8.44. The molecule has 19 heavy (non-hydrogen) atoms. The Bertz CT molecular complexity index is 440. The third-order valence-electron chi connectivity index (χ3n) is 3.67. The molecule has 1 saturated heterocycles. The van der Waals surface area contributed by atoms with Crippen LogP contribution in [0.4, 0.5) is 0 Å². The van der Waals surface area contributed by atoms with Gasteiger partial charge in [-0.05, 0) is 49.1 Å². The van der Waals surface area contributed by atoms with Gasteiger partial charge in [0.1, 0.15) is 4.75 Å². The normalized spacial score (nSPS) is 22.4. The molecule has 1 aromatic heterocycles. The molecule has 1 aromatic rings. The SMILES string of the molecule is CCCCc1ccnc(C2(C(=S)NC)CCCS2)c1. The Labute approximate surface area is 125 Å². The number of hydrogen-bond donors (Lipinski definition) is 1. The van der Waals surface area contributed by atoms with Gasteiger partial charge in [0.2, 0.25) is 0 Å². The molecule has 1 fully saturated rings. The first-order chi connectivity index (χ1) is 9.23. The van der Waals surface area contributed by atoms with E-state index in [1.54, 1.807) is 0 Å². The predicted molar refractivity (Wildman–Crippen MR) is 87.9 cm³/mol. The van der Waals surface area contributed by atoms with Crippen LogP contribution in [0.5, 0.6) is 0 Å². The molecule has 0 amide bonds. The molecule has 0 aromatic carbocycles. The van der Waals surface area contributed by atoms with Crippen LogP contribution in [0.2, 0.25) is 0 Å². The molecule has 0 saturated carbocycles. The van der Waals surface area contributed by atoms with Crippen molar-refractivity contribution in [1.82, 2.24) is 10.3 Å². The van der Waals surface area contributed by atoms with Crippen molar-refractivity contribution in [2.24, 2.45) is 0 Å². The lowest BCUT2D eigenvalue weighted by Gasteiger charge is -2.28. The highest BCUT2D eigenvalue weighted by Gasteiger charge is 2.41. The molecule has 2 rings (SSSR count). The maximum Gasteiger partial charge on any atom is 0.108 e. The number of aromatic nitrogens is 1. The summed E-state index contributed by atoms with van der Waals surface area (Å²) in [7, 11) is 1.92. The molecule has 0 aliphatic carbocycles. The van der Waals surface area contributed by atoms with Crippen molar-refractivity contribution in [3.05, 3.63) is 29.6 Å². The highest BCUT2D eigenvalue weighted by atomic mass is 32.2. The van der Waals surface area contributed by atoms with E-state index in [1.807, 2.05) is 25.0 Å². The number of unbranched alkanes of at least 4 members (excludes halogenated alkanes) is 1. The van der Waals surface area contributed by atoms with Crippen LogP contribution >= 0.6 is 24.0 Å². The first-order valence-electron chi connectivity index (χ1n) is 7.04. The Hall–Kier alpha value is -0.610. The third-order valence-corrected chi connectivity index (χ3v) is 5.96. The summed E-state index contributed by atoms with van der Waals surface area (Å²) in [6, 6.07) is 4.40. The van der Waals surface area contributed by atoms with E-state index in [0.29, 0.717) is 0 Å². The standard InChI is InChI=1S/C15H22N2S2/c1-3-4-6-12-7-9-17-13(11-12)15(14(18)16-2)8-5-10-19-15/h7,9,11H,3-6,8,10H2,1-2H3,(H,16,18). The van der Waals surface area contributed by atoms with Crippen molar-refractivity contribution in [3.8, 4) is 0 Å². The van der Waals surface area contributed by atoms with E-state index < -0.39 is 0 Å². The number of thioether (sulfide) groups is 1. The summed E-state index contributed by atoms with van der Waals surface area (Å²) < 4.78 is -0.0910. The molecule has 4 heteroatoms. The minimum atomic E-state index is -0.0910. The van der Waals surface area contributed by atoms with E-state index in [9.17, 15) is 0 Å². The minimum absolute atomic E-state index is 0.0910. The molecule has 1 unspecified atom stereocenters. The van der Waals surface area contributed by atoms with Gasteiger partial charge in [-0.2, -0.15) is 0 Å². The molecule has 1 N–H and O–H groups in total. The Balaban J connectivity index is 2.29. The van der Waals surface area contributed by atoms with Crippen molar-refractivity contribution in [3.63, 3.8) is 0 Å².